The van der Waals surface area contributed by atoms with Gasteiger partial charge in [-0.2, -0.15) is 0 Å². The van der Waals surface area contributed by atoms with E-state index in [1.54, 1.807) is 11.3 Å². The Morgan fingerprint density at radius 2 is 1.87 bits per heavy atom. The third kappa shape index (κ3) is 3.21. The van der Waals surface area contributed by atoms with Crippen LogP contribution in [0, 0.1) is 6.92 Å². The number of nitrogens with zero attached hydrogens (tertiary/aromatic N) is 3. The van der Waals surface area contributed by atoms with Gasteiger partial charge in [0.05, 0.1) is 6.54 Å². The number of thiophene rings is 1. The average molecular weight is 325 g/mol. The van der Waals surface area contributed by atoms with Crippen LogP contribution >= 0.6 is 11.3 Å². The predicted octanol–water partition coefficient (Wildman–Crippen LogP) is 3.61. The number of hydrogen-bond donors (Lipinski definition) is 0. The van der Waals surface area contributed by atoms with Crippen molar-refractivity contribution in [1.82, 2.24) is 15.1 Å². The Morgan fingerprint density at radius 1 is 1.09 bits per heavy atom. The zero-order valence-corrected chi connectivity index (χ0v) is 13.9. The Labute approximate surface area is 139 Å². The highest BCUT2D eigenvalue weighted by Gasteiger charge is 2.28. The van der Waals surface area contributed by atoms with Gasteiger partial charge in [0.25, 0.3) is 0 Å². The molecule has 4 rings (SSSR count). The van der Waals surface area contributed by atoms with Crippen LogP contribution in [0.5, 0.6) is 0 Å². The summed E-state index contributed by atoms with van der Waals surface area (Å²) in [4.78, 5) is 3.84. The van der Waals surface area contributed by atoms with Crippen LogP contribution in [0.25, 0.3) is 0 Å². The molecule has 0 spiro atoms. The summed E-state index contributed by atoms with van der Waals surface area (Å²) >= 11 is 1.80. The van der Waals surface area contributed by atoms with E-state index in [9.17, 15) is 0 Å². The molecule has 0 atom stereocenters. The van der Waals surface area contributed by atoms with E-state index >= 15 is 0 Å². The molecule has 1 aliphatic rings. The van der Waals surface area contributed by atoms with E-state index in [0.29, 0.717) is 24.4 Å². The summed E-state index contributed by atoms with van der Waals surface area (Å²) in [5, 5.41) is 10.3. The number of hydrogen-bond acceptors (Lipinski definition) is 5. The second kappa shape index (κ2) is 6.26. The van der Waals surface area contributed by atoms with Crippen molar-refractivity contribution < 1.29 is 4.42 Å². The largest absolute Gasteiger partial charge is 0.424 e. The lowest BCUT2D eigenvalue weighted by Gasteiger charge is -2.26. The van der Waals surface area contributed by atoms with Crippen molar-refractivity contribution in [2.45, 2.75) is 38.9 Å². The summed E-state index contributed by atoms with van der Waals surface area (Å²) in [6.07, 6.45) is 2.18. The minimum absolute atomic E-state index is 0.488. The molecule has 0 bridgehead atoms. The van der Waals surface area contributed by atoms with Crippen LogP contribution in [-0.2, 0) is 25.9 Å². The first-order valence-electron chi connectivity index (χ1n) is 7.90. The Kier molecular flexibility index (Phi) is 3.97. The van der Waals surface area contributed by atoms with Crippen LogP contribution in [0.4, 0.5) is 0 Å². The Hall–Kier alpha value is -1.98. The smallest absolute Gasteiger partial charge is 0.230 e. The molecule has 2 heterocycles. The second-order valence-corrected chi connectivity index (χ2v) is 7.06. The van der Waals surface area contributed by atoms with E-state index in [1.807, 2.05) is 6.92 Å². The quantitative estimate of drug-likeness (QED) is 0.719. The first kappa shape index (κ1) is 14.6. The van der Waals surface area contributed by atoms with Crippen LogP contribution in [0.1, 0.15) is 27.8 Å². The van der Waals surface area contributed by atoms with Gasteiger partial charge in [0.15, 0.2) is 0 Å². The molecule has 4 nitrogen and oxygen atoms in total. The Balaban J connectivity index is 1.55. The normalized spacial score (nSPS) is 14.5. The summed E-state index contributed by atoms with van der Waals surface area (Å²) < 4.78 is 5.61. The predicted molar refractivity (Wildman–Crippen MR) is 90.2 cm³/mol. The van der Waals surface area contributed by atoms with Gasteiger partial charge in [0, 0.05) is 24.4 Å². The van der Waals surface area contributed by atoms with E-state index in [-0.39, 0.29) is 0 Å². The highest BCUT2D eigenvalue weighted by atomic mass is 32.1. The molecule has 0 N–H and O–H groups in total. The molecule has 0 amide bonds. The molecule has 0 saturated carbocycles. The molecular weight excluding hydrogens is 306 g/mol. The molecule has 5 heteroatoms. The summed E-state index contributed by atoms with van der Waals surface area (Å²) in [6, 6.07) is 13.5. The van der Waals surface area contributed by atoms with Crippen molar-refractivity contribution >= 4 is 11.3 Å². The fourth-order valence-electron chi connectivity index (χ4n) is 3.29. The minimum Gasteiger partial charge on any atom is -0.424 e. The molecule has 118 valence electrons. The van der Waals surface area contributed by atoms with Gasteiger partial charge in [0.2, 0.25) is 11.8 Å². The maximum Gasteiger partial charge on any atom is 0.230 e. The molecule has 0 fully saturated rings. The van der Waals surface area contributed by atoms with Crippen molar-refractivity contribution in [3.05, 3.63) is 69.6 Å². The number of fused-ring (bicyclic) bond motifs is 1. The van der Waals surface area contributed by atoms with Gasteiger partial charge < -0.3 is 4.42 Å². The van der Waals surface area contributed by atoms with Crippen molar-refractivity contribution in [3.63, 3.8) is 0 Å². The highest BCUT2D eigenvalue weighted by Crippen LogP contribution is 2.28. The molecule has 1 aliphatic carbocycles. The van der Waals surface area contributed by atoms with E-state index in [2.05, 4.69) is 56.9 Å². The second-order valence-electron chi connectivity index (χ2n) is 6.03. The molecule has 1 aromatic carbocycles. The Bertz CT molecular complexity index is 756. The molecule has 0 radical (unpaired) electrons. The van der Waals surface area contributed by atoms with Gasteiger partial charge in [-0.3, -0.25) is 4.90 Å². The lowest BCUT2D eigenvalue weighted by Crippen LogP contribution is -2.34. The SMILES string of the molecule is Cc1nnc(CN(Cc2cccs2)C2Cc3ccccc3C2)o1. The zero-order valence-electron chi connectivity index (χ0n) is 13.1. The van der Waals surface area contributed by atoms with Crippen LogP contribution in [0.2, 0.25) is 0 Å². The van der Waals surface area contributed by atoms with Gasteiger partial charge in [-0.15, -0.1) is 21.5 Å². The molecule has 0 unspecified atom stereocenters. The van der Waals surface area contributed by atoms with Crippen molar-refractivity contribution in [1.29, 1.82) is 0 Å². The van der Waals surface area contributed by atoms with Gasteiger partial charge in [-0.1, -0.05) is 30.3 Å². The molecular formula is C18H19N3OS. The first-order chi connectivity index (χ1) is 11.3. The zero-order chi connectivity index (χ0) is 15.6. The first-order valence-corrected chi connectivity index (χ1v) is 8.78. The van der Waals surface area contributed by atoms with Crippen molar-refractivity contribution in [3.8, 4) is 0 Å². The fourth-order valence-corrected chi connectivity index (χ4v) is 4.02. The van der Waals surface area contributed by atoms with Gasteiger partial charge in [-0.05, 0) is 35.4 Å². The van der Waals surface area contributed by atoms with E-state index < -0.39 is 0 Å². The molecule has 3 aromatic rings. The van der Waals surface area contributed by atoms with Crippen LogP contribution in [-0.4, -0.2) is 21.1 Å². The standard InChI is InChI=1S/C18H19N3OS/c1-13-19-20-18(22-13)12-21(11-17-7-4-8-23-17)16-9-14-5-2-3-6-15(14)10-16/h2-8,16H,9-12H2,1H3. The van der Waals surface area contributed by atoms with Crippen LogP contribution in [0.3, 0.4) is 0 Å². The minimum atomic E-state index is 0.488. The third-order valence-electron chi connectivity index (χ3n) is 4.39. The number of benzene rings is 1. The summed E-state index contributed by atoms with van der Waals surface area (Å²) in [7, 11) is 0. The van der Waals surface area contributed by atoms with Gasteiger partial charge in [-0.25, -0.2) is 0 Å². The fraction of sp³-hybridized carbons (Fsp3) is 0.333. The monoisotopic (exact) mass is 325 g/mol. The van der Waals surface area contributed by atoms with E-state index in [1.165, 1.54) is 16.0 Å². The van der Waals surface area contributed by atoms with E-state index in [4.69, 9.17) is 4.42 Å². The van der Waals surface area contributed by atoms with E-state index in [0.717, 1.165) is 19.4 Å². The van der Waals surface area contributed by atoms with Gasteiger partial charge in [0.1, 0.15) is 0 Å². The summed E-state index contributed by atoms with van der Waals surface area (Å²) in [6.45, 7) is 3.47. The van der Waals surface area contributed by atoms with Crippen LogP contribution < -0.4 is 0 Å². The topological polar surface area (TPSA) is 42.2 Å². The highest BCUT2D eigenvalue weighted by molar-refractivity contribution is 7.09. The van der Waals surface area contributed by atoms with Crippen molar-refractivity contribution in [2.24, 2.45) is 0 Å². The summed E-state index contributed by atoms with van der Waals surface area (Å²) in [5.74, 6) is 1.33. The number of aryl methyl sites for hydroxylation is 1. The molecule has 23 heavy (non-hydrogen) atoms. The maximum absolute atomic E-state index is 5.61. The third-order valence-corrected chi connectivity index (χ3v) is 5.25. The van der Waals surface area contributed by atoms with Gasteiger partial charge >= 0.3 is 0 Å². The average Bonchev–Trinajstić information content (AvgIpc) is 3.27. The Morgan fingerprint density at radius 3 is 2.48 bits per heavy atom. The lowest BCUT2D eigenvalue weighted by molar-refractivity contribution is 0.167. The van der Waals surface area contributed by atoms with Crippen LogP contribution in [0.15, 0.2) is 46.2 Å². The van der Waals surface area contributed by atoms with Crippen molar-refractivity contribution in [2.75, 3.05) is 0 Å². The summed E-state index contributed by atoms with van der Waals surface area (Å²) in [5.41, 5.74) is 2.94. The molecule has 0 saturated heterocycles. The maximum atomic E-state index is 5.61. The molecule has 0 aliphatic heterocycles. The molecule has 2 aromatic heterocycles. The lowest BCUT2D eigenvalue weighted by atomic mass is 10.1. The number of rotatable bonds is 5. The number of aromatic nitrogens is 2.